The lowest BCUT2D eigenvalue weighted by atomic mass is 10.0. The van der Waals surface area contributed by atoms with Crippen molar-refractivity contribution in [2.75, 3.05) is 43.1 Å². The molecule has 1 atom stereocenters. The van der Waals surface area contributed by atoms with E-state index in [2.05, 4.69) is 44.9 Å². The predicted octanol–water partition coefficient (Wildman–Crippen LogP) is 4.01. The Hall–Kier alpha value is -2.22. The first-order chi connectivity index (χ1) is 14.7. The predicted molar refractivity (Wildman–Crippen MR) is 120 cm³/mol. The average Bonchev–Trinajstić information content (AvgIpc) is 3.33. The maximum Gasteiger partial charge on any atom is 0.133 e. The summed E-state index contributed by atoms with van der Waals surface area (Å²) >= 11 is 1.90. The lowest BCUT2D eigenvalue weighted by Gasteiger charge is -2.31. The van der Waals surface area contributed by atoms with Gasteiger partial charge in [0.1, 0.15) is 11.3 Å². The fraction of sp³-hybridized carbons (Fsp3) is 0.391. The van der Waals surface area contributed by atoms with Gasteiger partial charge in [-0.25, -0.2) is 4.39 Å². The Balaban J connectivity index is 1.26. The molecule has 1 N–H and O–H groups in total. The molecule has 3 aliphatic rings. The zero-order valence-corrected chi connectivity index (χ0v) is 17.8. The van der Waals surface area contributed by atoms with Gasteiger partial charge >= 0.3 is 0 Å². The number of anilines is 2. The maximum absolute atomic E-state index is 13.8. The number of ether oxygens (including phenoxy) is 1. The molecule has 156 valence electrons. The van der Waals surface area contributed by atoms with E-state index >= 15 is 0 Å². The van der Waals surface area contributed by atoms with E-state index in [9.17, 15) is 4.39 Å². The smallest absolute Gasteiger partial charge is 0.133 e. The van der Waals surface area contributed by atoms with Crippen molar-refractivity contribution in [3.05, 3.63) is 53.5 Å². The summed E-state index contributed by atoms with van der Waals surface area (Å²) in [6.45, 7) is 5.40. The van der Waals surface area contributed by atoms with Crippen molar-refractivity contribution in [1.82, 2.24) is 9.47 Å². The molecule has 1 aromatic heterocycles. The van der Waals surface area contributed by atoms with Crippen molar-refractivity contribution < 1.29 is 9.13 Å². The molecule has 3 aromatic rings. The van der Waals surface area contributed by atoms with Crippen molar-refractivity contribution in [3.8, 4) is 0 Å². The van der Waals surface area contributed by atoms with Crippen LogP contribution >= 0.6 is 11.8 Å². The van der Waals surface area contributed by atoms with Crippen LogP contribution in [0.2, 0.25) is 0 Å². The normalized spacial score (nSPS) is 21.5. The highest BCUT2D eigenvalue weighted by molar-refractivity contribution is 8.00. The number of morpholine rings is 1. The lowest BCUT2D eigenvalue weighted by molar-refractivity contribution is 0.0366. The van der Waals surface area contributed by atoms with Crippen LogP contribution in [0.4, 0.5) is 15.8 Å². The molecule has 0 bridgehead atoms. The molecule has 6 rings (SSSR count). The number of nitrogens with one attached hydrogen (secondary N) is 1. The van der Waals surface area contributed by atoms with E-state index in [1.54, 1.807) is 12.1 Å². The molecule has 0 radical (unpaired) electrons. The van der Waals surface area contributed by atoms with Gasteiger partial charge in [0.2, 0.25) is 0 Å². The fourth-order valence-corrected chi connectivity index (χ4v) is 6.14. The first-order valence-electron chi connectivity index (χ1n) is 10.6. The van der Waals surface area contributed by atoms with E-state index in [0.29, 0.717) is 5.50 Å². The van der Waals surface area contributed by atoms with Crippen LogP contribution in [0.5, 0.6) is 0 Å². The number of hydrogen-bond acceptors (Lipinski definition) is 5. The van der Waals surface area contributed by atoms with Crippen LogP contribution in [-0.2, 0) is 24.8 Å². The van der Waals surface area contributed by atoms with Crippen LogP contribution in [0, 0.1) is 5.82 Å². The summed E-state index contributed by atoms with van der Waals surface area (Å²) in [5.41, 5.74) is 6.40. The molecule has 0 aliphatic carbocycles. The van der Waals surface area contributed by atoms with Crippen LogP contribution in [0.3, 0.4) is 0 Å². The number of thioether (sulfide) groups is 1. The minimum absolute atomic E-state index is 0.172. The number of nitrogens with zero attached hydrogens (tertiary/aromatic N) is 3. The molecule has 1 unspecified atom stereocenters. The second kappa shape index (κ2) is 7.18. The number of hydrogen-bond donors (Lipinski definition) is 1. The van der Waals surface area contributed by atoms with Gasteiger partial charge in [-0.05, 0) is 36.4 Å². The Bertz CT molecular complexity index is 1120. The molecular formula is C23H25FN4OS. The van der Waals surface area contributed by atoms with Crippen molar-refractivity contribution in [3.63, 3.8) is 0 Å². The Morgan fingerprint density at radius 3 is 2.83 bits per heavy atom. The molecule has 30 heavy (non-hydrogen) atoms. The minimum atomic E-state index is -0.172. The molecule has 3 aliphatic heterocycles. The van der Waals surface area contributed by atoms with E-state index in [4.69, 9.17) is 4.74 Å². The van der Waals surface area contributed by atoms with E-state index in [1.165, 1.54) is 32.9 Å². The number of rotatable bonds is 2. The van der Waals surface area contributed by atoms with Crippen molar-refractivity contribution >= 4 is 34.0 Å². The number of halogens is 1. The third-order valence-corrected chi connectivity index (χ3v) is 7.84. The Morgan fingerprint density at radius 1 is 1.10 bits per heavy atom. The summed E-state index contributed by atoms with van der Waals surface area (Å²) in [5.74, 6) is -0.172. The molecule has 2 aromatic carbocycles. The summed E-state index contributed by atoms with van der Waals surface area (Å²) in [7, 11) is 2.05. The third-order valence-electron chi connectivity index (χ3n) is 6.59. The molecule has 4 heterocycles. The second-order valence-corrected chi connectivity index (χ2v) is 9.38. The summed E-state index contributed by atoms with van der Waals surface area (Å²) < 4.78 is 21.4. The third kappa shape index (κ3) is 2.99. The molecule has 0 amide bonds. The standard InChI is InChI=1S/C23H25FN4OS/c1-26-20-6-7-28(14-18(20)17-4-2-15(24)12-21(17)26)16-3-5-22-19(13-16)25-23(30-22)27-8-10-29-11-9-27/h2-5,12-13,23,25H,6-11,14H2,1H3. The Morgan fingerprint density at radius 2 is 1.97 bits per heavy atom. The number of aryl methyl sites for hydroxylation is 1. The van der Waals surface area contributed by atoms with Crippen molar-refractivity contribution in [1.29, 1.82) is 0 Å². The van der Waals surface area contributed by atoms with Crippen LogP contribution < -0.4 is 10.2 Å². The SMILES string of the molecule is Cn1c2c(c3ccc(F)cc31)CN(c1ccc3c(c1)NC(N1CCOCC1)S3)CC2. The van der Waals surface area contributed by atoms with Gasteiger partial charge in [-0.3, -0.25) is 4.90 Å². The summed E-state index contributed by atoms with van der Waals surface area (Å²) in [5, 5.41) is 4.87. The molecule has 0 saturated carbocycles. The molecule has 5 nitrogen and oxygen atoms in total. The van der Waals surface area contributed by atoms with Crippen molar-refractivity contribution in [2.24, 2.45) is 7.05 Å². The van der Waals surface area contributed by atoms with Crippen molar-refractivity contribution in [2.45, 2.75) is 23.4 Å². The van der Waals surface area contributed by atoms with Crippen LogP contribution in [-0.4, -0.2) is 47.8 Å². The quantitative estimate of drug-likeness (QED) is 0.672. The molecule has 7 heteroatoms. The first-order valence-corrected chi connectivity index (χ1v) is 11.4. The molecule has 1 saturated heterocycles. The van der Waals surface area contributed by atoms with Gasteiger partial charge in [-0.1, -0.05) is 11.8 Å². The maximum atomic E-state index is 13.8. The Labute approximate surface area is 179 Å². The number of benzene rings is 2. The van der Waals surface area contributed by atoms with E-state index in [0.717, 1.165) is 51.3 Å². The largest absolute Gasteiger partial charge is 0.379 e. The van der Waals surface area contributed by atoms with Crippen LogP contribution in [0.1, 0.15) is 11.3 Å². The zero-order valence-electron chi connectivity index (χ0n) is 17.0. The summed E-state index contributed by atoms with van der Waals surface area (Å²) in [6.07, 6.45) is 0.970. The van der Waals surface area contributed by atoms with E-state index < -0.39 is 0 Å². The Kier molecular flexibility index (Phi) is 4.44. The van der Waals surface area contributed by atoms with E-state index in [1.807, 2.05) is 17.8 Å². The second-order valence-electron chi connectivity index (χ2n) is 8.26. The lowest BCUT2D eigenvalue weighted by Crippen LogP contribution is -2.44. The average molecular weight is 425 g/mol. The van der Waals surface area contributed by atoms with Gasteiger partial charge < -0.3 is 19.5 Å². The number of aromatic nitrogens is 1. The van der Waals surface area contributed by atoms with Crippen LogP contribution in [0.15, 0.2) is 41.3 Å². The van der Waals surface area contributed by atoms with Gasteiger partial charge in [-0.2, -0.15) is 0 Å². The summed E-state index contributed by atoms with van der Waals surface area (Å²) in [6, 6.07) is 11.9. The van der Waals surface area contributed by atoms with Gasteiger partial charge in [0.15, 0.2) is 0 Å². The highest BCUT2D eigenvalue weighted by Crippen LogP contribution is 2.42. The highest BCUT2D eigenvalue weighted by Gasteiger charge is 2.29. The topological polar surface area (TPSA) is 32.7 Å². The molecule has 1 fully saturated rings. The van der Waals surface area contributed by atoms with E-state index in [-0.39, 0.29) is 5.82 Å². The first kappa shape index (κ1) is 18.5. The fourth-order valence-electron chi connectivity index (χ4n) is 4.96. The van der Waals surface area contributed by atoms with Gasteiger partial charge in [0.05, 0.1) is 24.4 Å². The highest BCUT2D eigenvalue weighted by atomic mass is 32.2. The minimum Gasteiger partial charge on any atom is -0.379 e. The molecular weight excluding hydrogens is 399 g/mol. The van der Waals surface area contributed by atoms with Crippen LogP contribution in [0.25, 0.3) is 10.9 Å². The van der Waals surface area contributed by atoms with Gasteiger partial charge in [0.25, 0.3) is 0 Å². The molecule has 0 spiro atoms. The zero-order chi connectivity index (χ0) is 20.2. The number of fused-ring (bicyclic) bond motifs is 4. The summed E-state index contributed by atoms with van der Waals surface area (Å²) in [4.78, 5) is 6.21. The van der Waals surface area contributed by atoms with Gasteiger partial charge in [-0.15, -0.1) is 0 Å². The monoisotopic (exact) mass is 424 g/mol. The van der Waals surface area contributed by atoms with Gasteiger partial charge in [0, 0.05) is 66.9 Å².